The number of phosphoric acid groups is 2. The Morgan fingerprint density at radius 3 is 0.815 bits per heavy atom. The first kappa shape index (κ1) is 102. The third-order valence-electron chi connectivity index (χ3n) is 16.4. The predicted molar refractivity (Wildman–Crippen MR) is 445 cm³/mol. The van der Waals surface area contributed by atoms with Crippen molar-refractivity contribution >= 4 is 39.5 Å². The number of carbonyl (C=O) groups is 4. The molecule has 0 radical (unpaired) electrons. The lowest BCUT2D eigenvalue weighted by molar-refractivity contribution is -0.161. The van der Waals surface area contributed by atoms with Crippen LogP contribution in [0.2, 0.25) is 0 Å². The van der Waals surface area contributed by atoms with E-state index in [0.717, 1.165) is 148 Å². The summed E-state index contributed by atoms with van der Waals surface area (Å²) < 4.78 is 68.5. The van der Waals surface area contributed by atoms with Gasteiger partial charge in [0.2, 0.25) is 0 Å². The molecule has 0 saturated carbocycles. The average Bonchev–Trinajstić information content (AvgIpc) is 0.899. The molecule has 612 valence electrons. The molecule has 0 aliphatic rings. The fourth-order valence-electron chi connectivity index (χ4n) is 10.1. The van der Waals surface area contributed by atoms with E-state index in [-0.39, 0.29) is 25.7 Å². The van der Waals surface area contributed by atoms with Crippen LogP contribution in [0, 0.1) is 0 Å². The second-order valence-corrected chi connectivity index (χ2v) is 29.5. The first-order valence-corrected chi connectivity index (χ1v) is 44.0. The Balaban J connectivity index is 5.54. The Labute approximate surface area is 654 Å². The molecular formula is C89H144O17P2. The van der Waals surface area contributed by atoms with Gasteiger partial charge in [-0.15, -0.1) is 0 Å². The van der Waals surface area contributed by atoms with Crippen LogP contribution in [-0.4, -0.2) is 96.7 Å². The number of aliphatic hydroxyl groups is 1. The molecule has 0 saturated heterocycles. The van der Waals surface area contributed by atoms with Crippen molar-refractivity contribution in [2.75, 3.05) is 39.6 Å². The molecule has 19 heteroatoms. The first-order chi connectivity index (χ1) is 52.7. The van der Waals surface area contributed by atoms with E-state index >= 15 is 0 Å². The number of esters is 4. The normalized spacial score (nSPS) is 14.8. The van der Waals surface area contributed by atoms with Crippen LogP contribution in [0.4, 0.5) is 0 Å². The third-order valence-corrected chi connectivity index (χ3v) is 18.3. The molecule has 0 bridgehead atoms. The Morgan fingerprint density at radius 1 is 0.269 bits per heavy atom. The summed E-state index contributed by atoms with van der Waals surface area (Å²) in [6, 6.07) is 0. The quantitative estimate of drug-likeness (QED) is 0.0169. The highest BCUT2D eigenvalue weighted by Crippen LogP contribution is 2.45. The first-order valence-electron chi connectivity index (χ1n) is 41.0. The number of hydrogen-bond donors (Lipinski definition) is 3. The highest BCUT2D eigenvalue weighted by molar-refractivity contribution is 7.47. The highest BCUT2D eigenvalue weighted by atomic mass is 31.2. The maximum absolute atomic E-state index is 13.1. The standard InChI is InChI=1S/C89H144O17P2/c1-5-9-13-17-21-25-29-33-37-39-41-43-47-50-54-58-62-66-70-74-87(92)100-80-84(105-88(93)75-71-67-63-59-55-51-46-36-32-28-24-20-16-12-8-4)81-103-107(95,96)101-77-83(90)78-102-108(97,98)104-82-85(79-99-86(91)73-69-65-61-57-53-49-45-35-31-27-23-19-15-11-7-3)106-89(94)76-72-68-64-60-56-52-48-44-42-40-38-34-30-26-22-18-14-10-6-2/h10,14,21-28,33-38,41-46,50,52,54,56,62,64,66,68,83-85,90H,5-9,11-13,15-20,29-32,39-40,47-49,51,53,55,57-61,63,65,67,69-82H2,1-4H3,(H,95,96)(H,97,98)/b14-10-,25-21-,26-22-,27-23-,28-24-,37-33-,38-34-,43-41-,44-42-,45-35-,46-36-,54-50-,56-52-,66-62-,68-64-/t83-,84-,85-/m1/s1. The minimum atomic E-state index is -5.02. The number of allylic oxidation sites excluding steroid dienone is 30. The van der Waals surface area contributed by atoms with Gasteiger partial charge in [0.25, 0.3) is 0 Å². The zero-order valence-corrected chi connectivity index (χ0v) is 68.7. The average molecular weight is 1550 g/mol. The Morgan fingerprint density at radius 2 is 0.500 bits per heavy atom. The van der Waals surface area contributed by atoms with E-state index < -0.39 is 97.5 Å². The number of carbonyl (C=O) groups excluding carboxylic acids is 4. The second-order valence-electron chi connectivity index (χ2n) is 26.6. The predicted octanol–water partition coefficient (Wildman–Crippen LogP) is 24.3. The SMILES string of the molecule is CC/C=C\C/C=C\C/C=C\C/C=C\C/C=C\C/C=C\CCC(=O)O[C@H](COC(=O)CCCCCCC/C=C\C/C=C\CCCCC)COP(=O)(O)OC[C@H](O)COP(=O)(O)OC[C@@H](COC(=O)CC/C=C\C/C=C\C/C=C\C/C=C\C/C=C\CCCCC)OC(=O)CCCCCCC/C=C\C/C=C\CCCCC. The van der Waals surface area contributed by atoms with Crippen LogP contribution in [0.3, 0.4) is 0 Å². The van der Waals surface area contributed by atoms with E-state index in [0.29, 0.717) is 38.5 Å². The van der Waals surface area contributed by atoms with E-state index in [1.165, 1.54) is 57.8 Å². The van der Waals surface area contributed by atoms with Gasteiger partial charge in [-0.1, -0.05) is 287 Å². The van der Waals surface area contributed by atoms with Crippen molar-refractivity contribution in [3.8, 4) is 0 Å². The lowest BCUT2D eigenvalue weighted by Crippen LogP contribution is -2.30. The topological polar surface area (TPSA) is 237 Å². The molecule has 17 nitrogen and oxygen atoms in total. The van der Waals surface area contributed by atoms with E-state index in [1.54, 1.807) is 0 Å². The summed E-state index contributed by atoms with van der Waals surface area (Å²) >= 11 is 0. The van der Waals surface area contributed by atoms with Crippen LogP contribution in [0.15, 0.2) is 182 Å². The zero-order valence-electron chi connectivity index (χ0n) is 66.9. The van der Waals surface area contributed by atoms with Gasteiger partial charge in [0.05, 0.1) is 26.4 Å². The molecule has 108 heavy (non-hydrogen) atoms. The van der Waals surface area contributed by atoms with Crippen molar-refractivity contribution in [1.29, 1.82) is 0 Å². The minimum absolute atomic E-state index is 0.0269. The van der Waals surface area contributed by atoms with Crippen molar-refractivity contribution < 1.29 is 80.2 Å². The van der Waals surface area contributed by atoms with Crippen molar-refractivity contribution in [1.82, 2.24) is 0 Å². The number of phosphoric ester groups is 2. The fraction of sp³-hybridized carbons (Fsp3) is 0.618. The summed E-state index contributed by atoms with van der Waals surface area (Å²) in [5.74, 6) is -2.42. The van der Waals surface area contributed by atoms with Crippen molar-refractivity contribution in [3.63, 3.8) is 0 Å². The molecule has 0 aliphatic heterocycles. The molecule has 0 spiro atoms. The number of ether oxygens (including phenoxy) is 4. The van der Waals surface area contributed by atoms with Gasteiger partial charge in [-0.05, 0) is 167 Å². The molecule has 0 heterocycles. The van der Waals surface area contributed by atoms with Gasteiger partial charge in [0.15, 0.2) is 12.2 Å². The van der Waals surface area contributed by atoms with E-state index in [2.05, 4.69) is 174 Å². The van der Waals surface area contributed by atoms with E-state index in [4.69, 9.17) is 37.0 Å². The van der Waals surface area contributed by atoms with Crippen LogP contribution in [0.5, 0.6) is 0 Å². The van der Waals surface area contributed by atoms with E-state index in [1.807, 2.05) is 36.5 Å². The van der Waals surface area contributed by atoms with Gasteiger partial charge in [-0.2, -0.15) is 0 Å². The fourth-order valence-corrected chi connectivity index (χ4v) is 11.7. The lowest BCUT2D eigenvalue weighted by Gasteiger charge is -2.21. The lowest BCUT2D eigenvalue weighted by atomic mass is 10.1. The maximum Gasteiger partial charge on any atom is 0.472 e. The Kier molecular flexibility index (Phi) is 75.0. The van der Waals surface area contributed by atoms with Crippen LogP contribution in [0.1, 0.15) is 297 Å². The van der Waals surface area contributed by atoms with Crippen molar-refractivity contribution in [3.05, 3.63) is 182 Å². The van der Waals surface area contributed by atoms with Crippen molar-refractivity contribution in [2.45, 2.75) is 316 Å². The number of rotatable bonds is 75. The van der Waals surface area contributed by atoms with Gasteiger partial charge in [-0.25, -0.2) is 9.13 Å². The molecule has 3 N–H and O–H groups in total. The monoisotopic (exact) mass is 1550 g/mol. The van der Waals surface area contributed by atoms with E-state index in [9.17, 15) is 43.2 Å². The molecule has 0 aliphatic carbocycles. The molecule has 2 unspecified atom stereocenters. The highest BCUT2D eigenvalue weighted by Gasteiger charge is 2.30. The van der Waals surface area contributed by atoms with Gasteiger partial charge in [0, 0.05) is 25.7 Å². The Bertz CT molecular complexity index is 2760. The van der Waals surface area contributed by atoms with Crippen LogP contribution in [-0.2, 0) is 65.4 Å². The molecule has 0 fully saturated rings. The van der Waals surface area contributed by atoms with Gasteiger partial charge < -0.3 is 33.8 Å². The molecule has 0 aromatic carbocycles. The van der Waals surface area contributed by atoms with Crippen LogP contribution >= 0.6 is 15.6 Å². The zero-order chi connectivity index (χ0) is 78.9. The summed E-state index contributed by atoms with van der Waals surface area (Å²) in [5, 5.41) is 10.7. The third kappa shape index (κ3) is 78.3. The molecular weight excluding hydrogens is 1400 g/mol. The smallest absolute Gasteiger partial charge is 0.462 e. The van der Waals surface area contributed by atoms with Gasteiger partial charge in [-0.3, -0.25) is 37.3 Å². The van der Waals surface area contributed by atoms with Gasteiger partial charge >= 0.3 is 39.5 Å². The Hall–Kier alpha value is -5.84. The maximum atomic E-state index is 13.1. The number of unbranched alkanes of at least 4 members (excludes halogenated alkanes) is 19. The summed E-state index contributed by atoms with van der Waals surface area (Å²) in [7, 11) is -10.0. The molecule has 0 amide bonds. The minimum Gasteiger partial charge on any atom is -0.462 e. The molecule has 0 rings (SSSR count). The van der Waals surface area contributed by atoms with Crippen LogP contribution < -0.4 is 0 Å². The van der Waals surface area contributed by atoms with Crippen LogP contribution in [0.25, 0.3) is 0 Å². The number of hydrogen-bond acceptors (Lipinski definition) is 15. The summed E-state index contributed by atoms with van der Waals surface area (Å²) in [6.45, 7) is 4.46. The molecule has 0 aromatic heterocycles. The molecule has 0 aromatic rings. The van der Waals surface area contributed by atoms with Gasteiger partial charge in [0.1, 0.15) is 19.3 Å². The molecule has 5 atom stereocenters. The summed E-state index contributed by atoms with van der Waals surface area (Å²) in [4.78, 5) is 73.1. The van der Waals surface area contributed by atoms with Crippen molar-refractivity contribution in [2.24, 2.45) is 0 Å². The summed E-state index contributed by atoms with van der Waals surface area (Å²) in [6.07, 6.45) is 96.1. The summed E-state index contributed by atoms with van der Waals surface area (Å²) in [5.41, 5.74) is 0. The number of aliphatic hydroxyl groups excluding tert-OH is 1. The largest absolute Gasteiger partial charge is 0.472 e. The second kappa shape index (κ2) is 79.3.